The third kappa shape index (κ3) is 2.68. The van der Waals surface area contributed by atoms with Gasteiger partial charge in [0.25, 0.3) is 0 Å². The molecule has 1 saturated carbocycles. The zero-order valence-corrected chi connectivity index (χ0v) is 12.7. The molecule has 3 atom stereocenters. The lowest BCUT2D eigenvalue weighted by molar-refractivity contribution is -0.157. The van der Waals surface area contributed by atoms with Gasteiger partial charge in [-0.05, 0) is 31.6 Å². The summed E-state index contributed by atoms with van der Waals surface area (Å²) in [4.78, 5) is 16.3. The molecule has 0 aromatic carbocycles. The van der Waals surface area contributed by atoms with Crippen LogP contribution in [0.2, 0.25) is 0 Å². The van der Waals surface area contributed by atoms with Gasteiger partial charge in [-0.1, -0.05) is 13.8 Å². The van der Waals surface area contributed by atoms with Crippen molar-refractivity contribution < 1.29 is 14.6 Å². The highest BCUT2D eigenvalue weighted by Crippen LogP contribution is 2.47. The molecule has 19 heavy (non-hydrogen) atoms. The number of esters is 1. The van der Waals surface area contributed by atoms with Crippen LogP contribution in [0.25, 0.3) is 0 Å². The summed E-state index contributed by atoms with van der Waals surface area (Å²) in [5.74, 6) is 0.775. The summed E-state index contributed by atoms with van der Waals surface area (Å²) in [5, 5.41) is 11.0. The van der Waals surface area contributed by atoms with Crippen molar-refractivity contribution in [1.82, 2.24) is 0 Å². The number of rotatable bonds is 3. The molecule has 2 rings (SSSR count). The summed E-state index contributed by atoms with van der Waals surface area (Å²) in [6.45, 7) is 6.30. The second-order valence-corrected chi connectivity index (χ2v) is 6.74. The Balaban J connectivity index is 2.10. The van der Waals surface area contributed by atoms with Gasteiger partial charge in [0.1, 0.15) is 11.0 Å². The van der Waals surface area contributed by atoms with Gasteiger partial charge < -0.3 is 9.84 Å². The Morgan fingerprint density at radius 3 is 2.58 bits per heavy atom. The Morgan fingerprint density at radius 1 is 1.47 bits per heavy atom. The quantitative estimate of drug-likeness (QED) is 0.807. The highest BCUT2D eigenvalue weighted by Gasteiger charge is 2.52. The van der Waals surface area contributed by atoms with Gasteiger partial charge in [-0.25, -0.2) is 0 Å². The number of carbonyl (C=O) groups excluding carboxylic acids is 1. The van der Waals surface area contributed by atoms with Crippen LogP contribution in [0.4, 0.5) is 0 Å². The number of hydrogen-bond acceptors (Lipinski definition) is 5. The monoisotopic (exact) mass is 285 g/mol. The van der Waals surface area contributed by atoms with E-state index in [2.05, 4.69) is 4.99 Å². The molecule has 2 aliphatic rings. The average molecular weight is 285 g/mol. The molecule has 0 spiro atoms. The summed E-state index contributed by atoms with van der Waals surface area (Å²) in [6, 6.07) is 0. The molecule has 0 aromatic rings. The number of carbonyl (C=O) groups is 1. The highest BCUT2D eigenvalue weighted by molar-refractivity contribution is 8.00. The van der Waals surface area contributed by atoms with E-state index in [1.807, 2.05) is 27.0 Å². The Bertz CT molecular complexity index is 360. The molecule has 108 valence electrons. The van der Waals surface area contributed by atoms with E-state index >= 15 is 0 Å². The van der Waals surface area contributed by atoms with E-state index in [9.17, 15) is 9.90 Å². The number of aliphatic imine (C=N–C) groups is 1. The van der Waals surface area contributed by atoms with E-state index < -0.39 is 5.60 Å². The van der Waals surface area contributed by atoms with Crippen molar-refractivity contribution in [3.63, 3.8) is 0 Å². The number of aliphatic hydroxyl groups is 1. The molecular formula is C14H23NO3S. The molecule has 3 unspecified atom stereocenters. The van der Waals surface area contributed by atoms with Gasteiger partial charge in [0, 0.05) is 12.0 Å². The number of nitrogens with zero attached hydrogens (tertiary/aromatic N) is 1. The van der Waals surface area contributed by atoms with Gasteiger partial charge in [-0.15, -0.1) is 11.8 Å². The third-order valence-electron chi connectivity index (χ3n) is 4.44. The van der Waals surface area contributed by atoms with Crippen molar-refractivity contribution in [3.8, 4) is 0 Å². The molecular weight excluding hydrogens is 262 g/mol. The molecule has 1 aliphatic carbocycles. The normalized spacial score (nSPS) is 42.3. The fourth-order valence-electron chi connectivity index (χ4n) is 3.32. The lowest BCUT2D eigenvalue weighted by Gasteiger charge is -2.47. The lowest BCUT2D eigenvalue weighted by atomic mass is 9.65. The fraction of sp³-hybridized carbons (Fsp3) is 0.857. The van der Waals surface area contributed by atoms with E-state index in [-0.39, 0.29) is 29.1 Å². The van der Waals surface area contributed by atoms with Gasteiger partial charge >= 0.3 is 5.97 Å². The molecule has 0 saturated heterocycles. The molecule has 0 amide bonds. The molecule has 1 aliphatic heterocycles. The van der Waals surface area contributed by atoms with Crippen molar-refractivity contribution in [2.45, 2.75) is 44.6 Å². The Hall–Kier alpha value is -0.550. The topological polar surface area (TPSA) is 58.9 Å². The number of hydrogen-bond donors (Lipinski definition) is 1. The van der Waals surface area contributed by atoms with E-state index in [0.717, 1.165) is 5.75 Å². The predicted octanol–water partition coefficient (Wildman–Crippen LogP) is 2.11. The second kappa shape index (κ2) is 5.83. The highest BCUT2D eigenvalue weighted by atomic mass is 32.2. The van der Waals surface area contributed by atoms with Crippen molar-refractivity contribution in [1.29, 1.82) is 0 Å². The molecule has 4 nitrogen and oxygen atoms in total. The van der Waals surface area contributed by atoms with Crippen LogP contribution < -0.4 is 0 Å². The van der Waals surface area contributed by atoms with Crippen LogP contribution >= 0.6 is 11.8 Å². The Labute approximate surface area is 119 Å². The average Bonchev–Trinajstić information content (AvgIpc) is 2.89. The van der Waals surface area contributed by atoms with Crippen molar-refractivity contribution in [3.05, 3.63) is 0 Å². The Kier molecular flexibility index (Phi) is 4.56. The first-order chi connectivity index (χ1) is 9.00. The van der Waals surface area contributed by atoms with Gasteiger partial charge in [0.05, 0.1) is 12.5 Å². The van der Waals surface area contributed by atoms with E-state index in [0.29, 0.717) is 19.4 Å². The van der Waals surface area contributed by atoms with Crippen LogP contribution in [-0.2, 0) is 9.53 Å². The van der Waals surface area contributed by atoms with Crippen LogP contribution in [0, 0.1) is 17.8 Å². The number of ether oxygens (including phenoxy) is 1. The van der Waals surface area contributed by atoms with Gasteiger partial charge in [-0.3, -0.25) is 9.79 Å². The predicted molar refractivity (Wildman–Crippen MR) is 77.4 cm³/mol. The van der Waals surface area contributed by atoms with Crippen LogP contribution in [0.1, 0.15) is 33.6 Å². The second-order valence-electron chi connectivity index (χ2n) is 5.63. The maximum Gasteiger partial charge on any atom is 0.308 e. The number of thioether (sulfide) groups is 1. The van der Waals surface area contributed by atoms with E-state index in [1.54, 1.807) is 11.8 Å². The Morgan fingerprint density at radius 2 is 2.11 bits per heavy atom. The van der Waals surface area contributed by atoms with Crippen LogP contribution in [0.3, 0.4) is 0 Å². The van der Waals surface area contributed by atoms with E-state index in [4.69, 9.17) is 4.74 Å². The van der Waals surface area contributed by atoms with Gasteiger partial charge in [0.15, 0.2) is 0 Å². The van der Waals surface area contributed by atoms with Crippen LogP contribution in [0.15, 0.2) is 4.99 Å². The lowest BCUT2D eigenvalue weighted by Crippen LogP contribution is -2.55. The molecule has 0 aromatic heterocycles. The van der Waals surface area contributed by atoms with Crippen molar-refractivity contribution in [2.24, 2.45) is 22.7 Å². The zero-order valence-electron chi connectivity index (χ0n) is 11.8. The maximum atomic E-state index is 11.9. The summed E-state index contributed by atoms with van der Waals surface area (Å²) < 4.78 is 5.12. The minimum absolute atomic E-state index is 0.0541. The first kappa shape index (κ1) is 14.9. The summed E-state index contributed by atoms with van der Waals surface area (Å²) >= 11 is 1.69. The first-order valence-electron chi connectivity index (χ1n) is 7.02. The largest absolute Gasteiger partial charge is 0.466 e. The van der Waals surface area contributed by atoms with Gasteiger partial charge in [0.2, 0.25) is 0 Å². The SMILES string of the molecule is CCOC(=O)C1CC(C)C(O)(C2N=CCS2)C(C)C1. The molecule has 1 heterocycles. The van der Waals surface area contributed by atoms with E-state index in [1.165, 1.54) is 0 Å². The van der Waals surface area contributed by atoms with Crippen molar-refractivity contribution >= 4 is 23.9 Å². The smallest absolute Gasteiger partial charge is 0.308 e. The summed E-state index contributed by atoms with van der Waals surface area (Å²) in [5.41, 5.74) is -0.805. The molecule has 0 radical (unpaired) electrons. The van der Waals surface area contributed by atoms with Gasteiger partial charge in [-0.2, -0.15) is 0 Å². The minimum atomic E-state index is -0.805. The standard InChI is InChI=1S/C14H23NO3S/c1-4-18-12(16)11-7-9(2)14(17,10(3)8-11)13-15-5-6-19-13/h5,9-11,13,17H,4,6-8H2,1-3H3. The molecule has 1 N–H and O–H groups in total. The third-order valence-corrected chi connectivity index (χ3v) is 5.60. The summed E-state index contributed by atoms with van der Waals surface area (Å²) in [7, 11) is 0. The first-order valence-corrected chi connectivity index (χ1v) is 8.07. The van der Waals surface area contributed by atoms with Crippen LogP contribution in [-0.4, -0.2) is 40.6 Å². The van der Waals surface area contributed by atoms with Crippen molar-refractivity contribution in [2.75, 3.05) is 12.4 Å². The minimum Gasteiger partial charge on any atom is -0.466 e. The fourth-order valence-corrected chi connectivity index (χ4v) is 4.58. The molecule has 5 heteroatoms. The van der Waals surface area contributed by atoms with Crippen LogP contribution in [0.5, 0.6) is 0 Å². The summed E-state index contributed by atoms with van der Waals surface area (Å²) in [6.07, 6.45) is 3.25. The maximum absolute atomic E-state index is 11.9. The zero-order chi connectivity index (χ0) is 14.0. The molecule has 1 fully saturated rings. The molecule has 0 bridgehead atoms.